The molecule has 1 aliphatic rings. The van der Waals surface area contributed by atoms with Crippen molar-refractivity contribution < 1.29 is 9.42 Å². The van der Waals surface area contributed by atoms with Crippen LogP contribution in [0.4, 0.5) is 0 Å². The van der Waals surface area contributed by atoms with Crippen LogP contribution in [-0.2, 0) is 17.9 Å². The van der Waals surface area contributed by atoms with Gasteiger partial charge in [0.2, 0.25) is 6.20 Å². The molecule has 0 unspecified atom stereocenters. The first-order valence-corrected chi connectivity index (χ1v) is 10.6. The van der Waals surface area contributed by atoms with Gasteiger partial charge < -0.3 is 4.74 Å². The molecule has 1 aromatic heterocycles. The van der Waals surface area contributed by atoms with Crippen LogP contribution in [-0.4, -0.2) is 10.8 Å². The summed E-state index contributed by atoms with van der Waals surface area (Å²) in [6.45, 7) is 15.9. The molecule has 0 N–H and O–H groups in total. The highest BCUT2D eigenvalue weighted by Crippen LogP contribution is 2.53. The van der Waals surface area contributed by atoms with Crippen molar-refractivity contribution in [3.05, 3.63) is 65.5 Å². The number of aromatic nitrogens is 2. The topological polar surface area (TPSA) is 18.0 Å². The van der Waals surface area contributed by atoms with Crippen LogP contribution in [0.2, 0.25) is 0 Å². The van der Waals surface area contributed by atoms with Crippen LogP contribution in [0.15, 0.2) is 48.7 Å². The fourth-order valence-electron chi connectivity index (χ4n) is 4.75. The van der Waals surface area contributed by atoms with Gasteiger partial charge in [-0.15, -0.1) is 9.36 Å². The molecule has 152 valence electrons. The minimum absolute atomic E-state index is 0.0334. The molecule has 0 amide bonds. The monoisotopic (exact) mass is 389 g/mol. The van der Waals surface area contributed by atoms with Crippen LogP contribution >= 0.6 is 0 Å². The lowest BCUT2D eigenvalue weighted by atomic mass is 9.59. The maximum absolute atomic E-state index is 6.15. The summed E-state index contributed by atoms with van der Waals surface area (Å²) >= 11 is 0. The molecule has 3 aromatic rings. The second-order valence-corrected chi connectivity index (χ2v) is 9.64. The average Bonchev–Trinajstić information content (AvgIpc) is 3.00. The molecule has 0 saturated heterocycles. The summed E-state index contributed by atoms with van der Waals surface area (Å²) in [7, 11) is 2.14. The Kier molecular flexibility index (Phi) is 4.41. The first-order chi connectivity index (χ1) is 13.6. The van der Waals surface area contributed by atoms with Gasteiger partial charge in [0, 0.05) is 16.4 Å². The summed E-state index contributed by atoms with van der Waals surface area (Å²) in [5.74, 6) is 0.968. The molecule has 0 spiro atoms. The van der Waals surface area contributed by atoms with Crippen LogP contribution in [0.3, 0.4) is 0 Å². The number of fused-ring (bicyclic) bond motifs is 3. The Balaban J connectivity index is 2.09. The normalized spacial score (nSPS) is 16.4. The summed E-state index contributed by atoms with van der Waals surface area (Å²) in [5, 5.41) is 0. The summed E-state index contributed by atoms with van der Waals surface area (Å²) in [6.07, 6.45) is 2.42. The Morgan fingerprint density at radius 1 is 0.931 bits per heavy atom. The largest absolute Gasteiger partial charge is 0.491 e. The summed E-state index contributed by atoms with van der Waals surface area (Å²) in [5.41, 5.74) is 7.65. The molecule has 29 heavy (non-hydrogen) atoms. The highest BCUT2D eigenvalue weighted by Gasteiger charge is 2.51. The van der Waals surface area contributed by atoms with Gasteiger partial charge in [0.1, 0.15) is 17.1 Å². The smallest absolute Gasteiger partial charge is 0.203 e. The fourth-order valence-corrected chi connectivity index (χ4v) is 4.75. The number of aryl methyl sites for hydroxylation is 1. The lowest BCUT2D eigenvalue weighted by Gasteiger charge is -2.46. The van der Waals surface area contributed by atoms with Crippen molar-refractivity contribution in [3.8, 4) is 22.6 Å². The summed E-state index contributed by atoms with van der Waals surface area (Å²) in [4.78, 5) is 0. The van der Waals surface area contributed by atoms with Crippen LogP contribution in [0.1, 0.15) is 58.4 Å². The third-order valence-corrected chi connectivity index (χ3v) is 6.97. The van der Waals surface area contributed by atoms with Crippen molar-refractivity contribution in [1.82, 2.24) is 4.68 Å². The second kappa shape index (κ2) is 6.48. The molecule has 0 bridgehead atoms. The second-order valence-electron chi connectivity index (χ2n) is 9.64. The van der Waals surface area contributed by atoms with E-state index in [2.05, 4.69) is 114 Å². The van der Waals surface area contributed by atoms with Crippen molar-refractivity contribution in [2.24, 2.45) is 7.05 Å². The van der Waals surface area contributed by atoms with E-state index in [-0.39, 0.29) is 16.9 Å². The maximum Gasteiger partial charge on any atom is 0.203 e. The van der Waals surface area contributed by atoms with E-state index in [4.69, 9.17) is 4.74 Å². The molecule has 0 fully saturated rings. The zero-order valence-corrected chi connectivity index (χ0v) is 19.0. The van der Waals surface area contributed by atoms with E-state index in [1.165, 1.54) is 33.6 Å². The Bertz CT molecular complexity index is 1070. The zero-order chi connectivity index (χ0) is 21.1. The number of nitrogens with zero attached hydrogens (tertiary/aromatic N) is 2. The van der Waals surface area contributed by atoms with Gasteiger partial charge >= 0.3 is 0 Å². The maximum atomic E-state index is 6.15. The molecule has 3 heteroatoms. The van der Waals surface area contributed by atoms with E-state index < -0.39 is 0 Å². The van der Waals surface area contributed by atoms with Crippen molar-refractivity contribution >= 4 is 0 Å². The standard InChI is InChI=1S/C26H33N2O/c1-17(2)29-22-15-14-21-23(18(22)3)28-24(26(6,7)25(21,4)5)20(16-27(28)8)19-12-10-9-11-13-19/h9-17H,1-8H3/q+1. The van der Waals surface area contributed by atoms with Gasteiger partial charge in [0.25, 0.3) is 0 Å². The molecule has 0 saturated carbocycles. The lowest BCUT2D eigenvalue weighted by Crippen LogP contribution is -2.51. The van der Waals surface area contributed by atoms with E-state index in [0.29, 0.717) is 0 Å². The van der Waals surface area contributed by atoms with Crippen LogP contribution in [0.5, 0.6) is 5.75 Å². The van der Waals surface area contributed by atoms with Gasteiger partial charge in [-0.25, -0.2) is 0 Å². The molecular formula is C26H33N2O+. The SMILES string of the molecule is Cc1c(OC(C)C)ccc2c1-n1c(c(-c3ccccc3)c[n+]1C)C(C)(C)C2(C)C. The molecule has 4 rings (SSSR count). The third kappa shape index (κ3) is 2.74. The highest BCUT2D eigenvalue weighted by molar-refractivity contribution is 5.71. The third-order valence-electron chi connectivity index (χ3n) is 6.97. The first kappa shape index (κ1) is 19.8. The van der Waals surface area contributed by atoms with Crippen LogP contribution in [0, 0.1) is 6.92 Å². The minimum atomic E-state index is -0.0563. The van der Waals surface area contributed by atoms with Gasteiger partial charge in [-0.1, -0.05) is 64.1 Å². The molecule has 1 aliphatic heterocycles. The van der Waals surface area contributed by atoms with E-state index in [1.807, 2.05) is 0 Å². The van der Waals surface area contributed by atoms with Gasteiger partial charge in [-0.3, -0.25) is 0 Å². The van der Waals surface area contributed by atoms with Crippen LogP contribution < -0.4 is 9.42 Å². The zero-order valence-electron chi connectivity index (χ0n) is 19.0. The predicted molar refractivity (Wildman–Crippen MR) is 119 cm³/mol. The number of rotatable bonds is 3. The van der Waals surface area contributed by atoms with Gasteiger partial charge in [-0.2, -0.15) is 0 Å². The summed E-state index contributed by atoms with van der Waals surface area (Å²) < 4.78 is 10.8. The highest BCUT2D eigenvalue weighted by atomic mass is 16.5. The number of hydrogen-bond donors (Lipinski definition) is 0. The van der Waals surface area contributed by atoms with E-state index >= 15 is 0 Å². The van der Waals surface area contributed by atoms with E-state index in [1.54, 1.807) is 0 Å². The van der Waals surface area contributed by atoms with Crippen molar-refractivity contribution in [3.63, 3.8) is 0 Å². The van der Waals surface area contributed by atoms with E-state index in [0.717, 1.165) is 5.75 Å². The Morgan fingerprint density at radius 3 is 2.21 bits per heavy atom. The Labute approximate surface area is 174 Å². The van der Waals surface area contributed by atoms with Crippen molar-refractivity contribution in [2.45, 2.75) is 65.4 Å². The quantitative estimate of drug-likeness (QED) is 0.531. The number of ether oxygens (including phenoxy) is 1. The molecule has 2 heterocycles. The number of benzene rings is 2. The van der Waals surface area contributed by atoms with Gasteiger partial charge in [-0.05, 0) is 38.0 Å². The fraction of sp³-hybridized carbons (Fsp3) is 0.423. The van der Waals surface area contributed by atoms with Crippen molar-refractivity contribution in [2.75, 3.05) is 0 Å². The molecular weight excluding hydrogens is 356 g/mol. The van der Waals surface area contributed by atoms with E-state index in [9.17, 15) is 0 Å². The lowest BCUT2D eigenvalue weighted by molar-refractivity contribution is -0.745. The van der Waals surface area contributed by atoms with Gasteiger partial charge in [0.15, 0.2) is 7.05 Å². The molecule has 2 aromatic carbocycles. The Hall–Kier alpha value is -2.55. The Morgan fingerprint density at radius 2 is 1.59 bits per heavy atom. The minimum Gasteiger partial charge on any atom is -0.491 e. The molecule has 0 aliphatic carbocycles. The van der Waals surface area contributed by atoms with Crippen LogP contribution in [0.25, 0.3) is 16.8 Å². The summed E-state index contributed by atoms with van der Waals surface area (Å²) in [6, 6.07) is 15.2. The predicted octanol–water partition coefficient (Wildman–Crippen LogP) is 5.63. The molecule has 0 radical (unpaired) electrons. The molecule has 3 nitrogen and oxygen atoms in total. The van der Waals surface area contributed by atoms with Gasteiger partial charge in [0.05, 0.1) is 11.7 Å². The number of hydrogen-bond acceptors (Lipinski definition) is 1. The first-order valence-electron chi connectivity index (χ1n) is 10.6. The van der Waals surface area contributed by atoms with Crippen molar-refractivity contribution in [1.29, 1.82) is 0 Å². The average molecular weight is 390 g/mol. The molecule has 0 atom stereocenters.